The highest BCUT2D eigenvalue weighted by Gasteiger charge is 2.15. The van der Waals surface area contributed by atoms with Gasteiger partial charge >= 0.3 is 0 Å². The van der Waals surface area contributed by atoms with Gasteiger partial charge in [-0.25, -0.2) is 0 Å². The molecule has 1 aromatic heterocycles. The van der Waals surface area contributed by atoms with E-state index in [-0.39, 0.29) is 24.1 Å². The molecule has 0 saturated heterocycles. The van der Waals surface area contributed by atoms with E-state index < -0.39 is 0 Å². The molecule has 0 saturated carbocycles. The number of anilines is 1. The maximum Gasteiger partial charge on any atom is 0.255 e. The van der Waals surface area contributed by atoms with Crippen molar-refractivity contribution in [2.75, 3.05) is 18.2 Å². The summed E-state index contributed by atoms with van der Waals surface area (Å²) in [7, 11) is 3.33. The van der Waals surface area contributed by atoms with E-state index in [0.717, 1.165) is 17.7 Å². The third kappa shape index (κ3) is 5.64. The summed E-state index contributed by atoms with van der Waals surface area (Å²) in [5.41, 5.74) is 2.37. The molecule has 162 valence electrons. The van der Waals surface area contributed by atoms with Crippen LogP contribution < -0.4 is 15.4 Å². The number of hydrogen-bond donors (Lipinski definition) is 2. The van der Waals surface area contributed by atoms with Crippen LogP contribution in [0.3, 0.4) is 0 Å². The van der Waals surface area contributed by atoms with Crippen molar-refractivity contribution in [3.8, 4) is 5.75 Å². The Balaban J connectivity index is 1.55. The Kier molecular flexibility index (Phi) is 7.66. The van der Waals surface area contributed by atoms with Crippen molar-refractivity contribution in [2.45, 2.75) is 25.0 Å². The molecule has 2 N–H and O–H groups in total. The molecular formula is C22H25N5O3S. The molecule has 0 bridgehead atoms. The van der Waals surface area contributed by atoms with E-state index in [1.807, 2.05) is 31.2 Å². The van der Waals surface area contributed by atoms with Gasteiger partial charge in [0.05, 0.1) is 25.0 Å². The fourth-order valence-electron chi connectivity index (χ4n) is 2.98. The number of aromatic nitrogens is 3. The third-order valence-electron chi connectivity index (χ3n) is 4.69. The minimum atomic E-state index is -0.261. The molecule has 0 aliphatic rings. The summed E-state index contributed by atoms with van der Waals surface area (Å²) < 4.78 is 6.99. The number of para-hydroxylation sites is 2. The van der Waals surface area contributed by atoms with Crippen molar-refractivity contribution >= 4 is 29.3 Å². The first-order valence-electron chi connectivity index (χ1n) is 9.83. The van der Waals surface area contributed by atoms with Crippen LogP contribution in [0.2, 0.25) is 0 Å². The van der Waals surface area contributed by atoms with Crippen LogP contribution in [0.15, 0.2) is 53.7 Å². The number of methoxy groups -OCH3 is 1. The Morgan fingerprint density at radius 2 is 1.84 bits per heavy atom. The number of amides is 2. The summed E-state index contributed by atoms with van der Waals surface area (Å²) in [5.74, 6) is 0.924. The van der Waals surface area contributed by atoms with Gasteiger partial charge in [-0.3, -0.25) is 9.59 Å². The monoisotopic (exact) mass is 439 g/mol. The van der Waals surface area contributed by atoms with Crippen molar-refractivity contribution in [3.63, 3.8) is 0 Å². The molecule has 8 nitrogen and oxygen atoms in total. The van der Waals surface area contributed by atoms with Crippen molar-refractivity contribution in [1.29, 1.82) is 0 Å². The summed E-state index contributed by atoms with van der Waals surface area (Å²) in [6.07, 6.45) is 0.844. The summed E-state index contributed by atoms with van der Waals surface area (Å²) in [6.45, 7) is 2.25. The van der Waals surface area contributed by atoms with E-state index in [0.29, 0.717) is 22.3 Å². The lowest BCUT2D eigenvalue weighted by atomic mass is 10.1. The van der Waals surface area contributed by atoms with Gasteiger partial charge in [0, 0.05) is 12.7 Å². The highest BCUT2D eigenvalue weighted by atomic mass is 32.2. The fourth-order valence-corrected chi connectivity index (χ4v) is 3.71. The smallest absolute Gasteiger partial charge is 0.255 e. The van der Waals surface area contributed by atoms with Gasteiger partial charge in [-0.2, -0.15) is 0 Å². The van der Waals surface area contributed by atoms with Crippen molar-refractivity contribution < 1.29 is 14.3 Å². The Bertz CT molecular complexity index is 1070. The number of aryl methyl sites for hydroxylation is 1. The number of nitrogens with zero attached hydrogens (tertiary/aromatic N) is 3. The molecule has 9 heteroatoms. The zero-order valence-corrected chi connectivity index (χ0v) is 18.5. The fraction of sp³-hybridized carbons (Fsp3) is 0.273. The normalized spacial score (nSPS) is 10.5. The van der Waals surface area contributed by atoms with Crippen molar-refractivity contribution in [3.05, 3.63) is 65.5 Å². The average Bonchev–Trinajstić information content (AvgIpc) is 3.15. The van der Waals surface area contributed by atoms with Crippen LogP contribution in [0.1, 0.15) is 28.7 Å². The van der Waals surface area contributed by atoms with Crippen LogP contribution >= 0.6 is 11.8 Å². The van der Waals surface area contributed by atoms with Gasteiger partial charge in [-0.1, -0.05) is 49.0 Å². The van der Waals surface area contributed by atoms with Gasteiger partial charge in [0.15, 0.2) is 11.0 Å². The van der Waals surface area contributed by atoms with E-state index in [4.69, 9.17) is 4.74 Å². The second-order valence-electron chi connectivity index (χ2n) is 6.69. The first-order chi connectivity index (χ1) is 15.0. The van der Waals surface area contributed by atoms with Gasteiger partial charge < -0.3 is 19.9 Å². The largest absolute Gasteiger partial charge is 0.496 e. The number of hydrogen-bond acceptors (Lipinski definition) is 6. The summed E-state index contributed by atoms with van der Waals surface area (Å²) in [6, 6.07) is 14.8. The lowest BCUT2D eigenvalue weighted by Crippen LogP contribution is -2.25. The Morgan fingerprint density at radius 3 is 2.61 bits per heavy atom. The molecule has 0 aliphatic carbocycles. The topological polar surface area (TPSA) is 98.1 Å². The zero-order chi connectivity index (χ0) is 22.2. The highest BCUT2D eigenvalue weighted by molar-refractivity contribution is 7.99. The number of thioether (sulfide) groups is 1. The van der Waals surface area contributed by atoms with Crippen LogP contribution in [0, 0.1) is 0 Å². The quantitative estimate of drug-likeness (QED) is 0.497. The SMILES string of the molecule is CCc1ccccc1NC(=O)CSc1nnc(CNC(=O)c2ccccc2OC)n1C. The second kappa shape index (κ2) is 10.6. The number of carbonyl (C=O) groups is 2. The predicted molar refractivity (Wildman–Crippen MR) is 120 cm³/mol. The van der Waals surface area contributed by atoms with Gasteiger partial charge in [0.25, 0.3) is 5.91 Å². The standard InChI is InChI=1S/C22H25N5O3S/c1-4-15-9-5-7-11-17(15)24-20(28)14-31-22-26-25-19(27(22)2)13-23-21(29)16-10-6-8-12-18(16)30-3/h5-12H,4,13-14H2,1-3H3,(H,23,29)(H,24,28). The molecule has 31 heavy (non-hydrogen) atoms. The summed E-state index contributed by atoms with van der Waals surface area (Å²) >= 11 is 1.29. The predicted octanol–water partition coefficient (Wildman–Crippen LogP) is 3.05. The van der Waals surface area contributed by atoms with Crippen molar-refractivity contribution in [1.82, 2.24) is 20.1 Å². The zero-order valence-electron chi connectivity index (χ0n) is 17.7. The molecule has 0 spiro atoms. The molecule has 3 rings (SSSR count). The first-order valence-corrected chi connectivity index (χ1v) is 10.8. The Hall–Kier alpha value is -3.33. The molecule has 1 heterocycles. The van der Waals surface area contributed by atoms with Gasteiger partial charge in [-0.15, -0.1) is 10.2 Å². The lowest BCUT2D eigenvalue weighted by Gasteiger charge is -2.10. The van der Waals surface area contributed by atoms with Crippen LogP contribution in [0.4, 0.5) is 5.69 Å². The minimum Gasteiger partial charge on any atom is -0.496 e. The van der Waals surface area contributed by atoms with Crippen LogP contribution in [0.5, 0.6) is 5.75 Å². The van der Waals surface area contributed by atoms with E-state index in [9.17, 15) is 9.59 Å². The molecule has 0 unspecified atom stereocenters. The van der Waals surface area contributed by atoms with E-state index in [2.05, 4.69) is 20.8 Å². The third-order valence-corrected chi connectivity index (χ3v) is 5.71. The Morgan fingerprint density at radius 1 is 1.10 bits per heavy atom. The van der Waals surface area contributed by atoms with Crippen molar-refractivity contribution in [2.24, 2.45) is 7.05 Å². The molecule has 3 aromatic rings. The first kappa shape index (κ1) is 22.4. The number of ether oxygens (including phenoxy) is 1. The molecule has 2 amide bonds. The average molecular weight is 440 g/mol. The molecule has 0 aliphatic heterocycles. The molecule has 0 atom stereocenters. The molecular weight excluding hydrogens is 414 g/mol. The number of nitrogens with one attached hydrogen (secondary N) is 2. The summed E-state index contributed by atoms with van der Waals surface area (Å²) in [4.78, 5) is 24.8. The highest BCUT2D eigenvalue weighted by Crippen LogP contribution is 2.20. The van der Waals surface area contributed by atoms with E-state index in [1.54, 1.807) is 35.9 Å². The van der Waals surface area contributed by atoms with Gasteiger partial charge in [0.2, 0.25) is 5.91 Å². The van der Waals surface area contributed by atoms with Gasteiger partial charge in [0.1, 0.15) is 5.75 Å². The van der Waals surface area contributed by atoms with Crippen LogP contribution in [-0.4, -0.2) is 39.4 Å². The lowest BCUT2D eigenvalue weighted by molar-refractivity contribution is -0.113. The van der Waals surface area contributed by atoms with Gasteiger partial charge in [-0.05, 0) is 30.2 Å². The van der Waals surface area contributed by atoms with E-state index >= 15 is 0 Å². The number of carbonyl (C=O) groups excluding carboxylic acids is 2. The molecule has 0 fully saturated rings. The second-order valence-corrected chi connectivity index (χ2v) is 7.63. The molecule has 2 aromatic carbocycles. The Labute approximate surface area is 185 Å². The van der Waals surface area contributed by atoms with E-state index in [1.165, 1.54) is 18.9 Å². The van der Waals surface area contributed by atoms with Crippen LogP contribution in [-0.2, 0) is 24.8 Å². The number of rotatable bonds is 9. The summed E-state index contributed by atoms with van der Waals surface area (Å²) in [5, 5.41) is 14.6. The maximum atomic E-state index is 12.4. The number of benzene rings is 2. The van der Waals surface area contributed by atoms with Crippen LogP contribution in [0.25, 0.3) is 0 Å². The minimum absolute atomic E-state index is 0.111. The maximum absolute atomic E-state index is 12.4. The molecule has 0 radical (unpaired) electrons.